The van der Waals surface area contributed by atoms with E-state index in [4.69, 9.17) is 4.74 Å². The average Bonchev–Trinajstić information content (AvgIpc) is 2.51. The summed E-state index contributed by atoms with van der Waals surface area (Å²) in [4.78, 5) is 11.7. The quantitative estimate of drug-likeness (QED) is 0.678. The van der Waals surface area contributed by atoms with Crippen molar-refractivity contribution < 1.29 is 9.53 Å². The van der Waals surface area contributed by atoms with Gasteiger partial charge in [-0.1, -0.05) is 6.92 Å². The van der Waals surface area contributed by atoms with Crippen molar-refractivity contribution in [1.29, 1.82) is 0 Å². The van der Waals surface area contributed by atoms with Gasteiger partial charge in [0.05, 0.1) is 19.1 Å². The number of hydrogen-bond donors (Lipinski definition) is 2. The summed E-state index contributed by atoms with van der Waals surface area (Å²) >= 11 is 0. The molecule has 1 fully saturated rings. The van der Waals surface area contributed by atoms with Crippen LogP contribution in [-0.2, 0) is 9.53 Å². The highest BCUT2D eigenvalue weighted by Gasteiger charge is 2.33. The number of likely N-dealkylation sites (N-methyl/N-ethyl adjacent to an activating group) is 1. The number of hydrogen-bond acceptors (Lipinski definition) is 3. The molecule has 14 heavy (non-hydrogen) atoms. The van der Waals surface area contributed by atoms with Crippen LogP contribution in [-0.4, -0.2) is 37.7 Å². The summed E-state index contributed by atoms with van der Waals surface area (Å²) in [5.41, 5.74) is 0. The third-order valence-corrected chi connectivity index (χ3v) is 2.31. The first kappa shape index (κ1) is 11.5. The van der Waals surface area contributed by atoms with E-state index in [1.165, 1.54) is 0 Å². The summed E-state index contributed by atoms with van der Waals surface area (Å²) in [6.07, 6.45) is 0. The lowest BCUT2D eigenvalue weighted by molar-refractivity contribution is -0.125. The zero-order chi connectivity index (χ0) is 10.6. The molecule has 0 radical (unpaired) electrons. The van der Waals surface area contributed by atoms with E-state index >= 15 is 0 Å². The monoisotopic (exact) mass is 200 g/mol. The molecule has 0 aromatic carbocycles. The van der Waals surface area contributed by atoms with Gasteiger partial charge in [0.2, 0.25) is 5.91 Å². The third kappa shape index (κ3) is 2.96. The second-order valence-corrected chi connectivity index (χ2v) is 3.97. The van der Waals surface area contributed by atoms with E-state index in [1.54, 1.807) is 0 Å². The van der Waals surface area contributed by atoms with Gasteiger partial charge in [-0.2, -0.15) is 0 Å². The summed E-state index contributed by atoms with van der Waals surface area (Å²) in [5.74, 6) is 0.0702. The Morgan fingerprint density at radius 2 is 2.21 bits per heavy atom. The van der Waals surface area contributed by atoms with Crippen LogP contribution in [0.4, 0.5) is 0 Å². The highest BCUT2D eigenvalue weighted by atomic mass is 16.5. The molecule has 2 atom stereocenters. The third-order valence-electron chi connectivity index (χ3n) is 2.31. The fraction of sp³-hybridized carbons (Fsp3) is 0.900. The van der Waals surface area contributed by atoms with E-state index in [0.29, 0.717) is 13.2 Å². The Labute approximate surface area is 85.4 Å². The Kier molecular flexibility index (Phi) is 4.35. The molecule has 1 amide bonds. The predicted molar refractivity (Wildman–Crippen MR) is 55.1 cm³/mol. The lowest BCUT2D eigenvalue weighted by Gasteiger charge is -2.19. The normalized spacial score (nSPS) is 26.9. The largest absolute Gasteiger partial charge is 0.379 e. The van der Waals surface area contributed by atoms with Gasteiger partial charge in [-0.15, -0.1) is 0 Å². The van der Waals surface area contributed by atoms with E-state index in [2.05, 4.69) is 10.6 Å². The van der Waals surface area contributed by atoms with E-state index in [0.717, 1.165) is 6.54 Å². The number of nitrogens with one attached hydrogen (secondary N) is 2. The molecule has 2 N–H and O–H groups in total. The predicted octanol–water partition coefficient (Wildman–Crippen LogP) is 0.136. The summed E-state index contributed by atoms with van der Waals surface area (Å²) in [5, 5.41) is 6.18. The summed E-state index contributed by atoms with van der Waals surface area (Å²) in [6, 6.07) is 0.379. The topological polar surface area (TPSA) is 50.4 Å². The maximum atomic E-state index is 11.7. The Morgan fingerprint density at radius 1 is 1.50 bits per heavy atom. The van der Waals surface area contributed by atoms with Crippen molar-refractivity contribution in [2.45, 2.75) is 32.9 Å². The van der Waals surface area contributed by atoms with Gasteiger partial charge < -0.3 is 15.4 Å². The molecule has 1 heterocycles. The van der Waals surface area contributed by atoms with Crippen LogP contribution in [0.5, 0.6) is 0 Å². The van der Waals surface area contributed by atoms with Gasteiger partial charge in [0.15, 0.2) is 0 Å². The van der Waals surface area contributed by atoms with Crippen molar-refractivity contribution >= 4 is 5.91 Å². The molecular formula is C10H20N2O2. The number of carbonyl (C=O) groups is 1. The molecule has 1 aliphatic heterocycles. The fourth-order valence-electron chi connectivity index (χ4n) is 1.67. The lowest BCUT2D eigenvalue weighted by Crippen LogP contribution is -2.45. The maximum Gasteiger partial charge on any atom is 0.227 e. The van der Waals surface area contributed by atoms with Gasteiger partial charge in [0.1, 0.15) is 0 Å². The fourth-order valence-corrected chi connectivity index (χ4v) is 1.67. The smallest absolute Gasteiger partial charge is 0.227 e. The van der Waals surface area contributed by atoms with Gasteiger partial charge in [0, 0.05) is 12.1 Å². The minimum absolute atomic E-state index is 0.0302. The number of carbonyl (C=O) groups excluding carboxylic acids is 1. The minimum atomic E-state index is -0.0302. The summed E-state index contributed by atoms with van der Waals surface area (Å²) in [6.45, 7) is 8.03. The lowest BCUT2D eigenvalue weighted by atomic mass is 10.0. The summed E-state index contributed by atoms with van der Waals surface area (Å²) in [7, 11) is 0. The molecular weight excluding hydrogens is 180 g/mol. The van der Waals surface area contributed by atoms with E-state index in [1.807, 2.05) is 20.8 Å². The molecule has 0 spiro atoms. The molecule has 0 aromatic heterocycles. The van der Waals surface area contributed by atoms with E-state index < -0.39 is 0 Å². The number of ether oxygens (including phenoxy) is 1. The molecule has 1 saturated heterocycles. The van der Waals surface area contributed by atoms with Crippen LogP contribution in [0.15, 0.2) is 0 Å². The average molecular weight is 200 g/mol. The molecule has 1 aliphatic rings. The zero-order valence-corrected chi connectivity index (χ0v) is 9.17. The van der Waals surface area contributed by atoms with Gasteiger partial charge in [-0.05, 0) is 20.4 Å². The Bertz CT molecular complexity index is 195. The van der Waals surface area contributed by atoms with E-state index in [9.17, 15) is 4.79 Å². The molecule has 4 heteroatoms. The van der Waals surface area contributed by atoms with Crippen molar-refractivity contribution in [3.63, 3.8) is 0 Å². The van der Waals surface area contributed by atoms with Gasteiger partial charge in [-0.3, -0.25) is 4.79 Å². The molecule has 0 bridgehead atoms. The van der Waals surface area contributed by atoms with Gasteiger partial charge in [-0.25, -0.2) is 0 Å². The molecule has 4 nitrogen and oxygen atoms in total. The van der Waals surface area contributed by atoms with Gasteiger partial charge >= 0.3 is 0 Å². The molecule has 0 aromatic rings. The highest BCUT2D eigenvalue weighted by molar-refractivity contribution is 5.80. The standard InChI is InChI=1S/C10H20N2O2/c1-4-11-9-6-14-5-8(9)10(13)12-7(2)3/h7-9,11H,4-6H2,1-3H3,(H,12,13). The van der Waals surface area contributed by atoms with Crippen LogP contribution in [0.25, 0.3) is 0 Å². The van der Waals surface area contributed by atoms with Crippen LogP contribution >= 0.6 is 0 Å². The van der Waals surface area contributed by atoms with Crippen LogP contribution in [0.1, 0.15) is 20.8 Å². The van der Waals surface area contributed by atoms with Crippen molar-refractivity contribution in [1.82, 2.24) is 10.6 Å². The molecule has 2 unspecified atom stereocenters. The Balaban J connectivity index is 2.44. The highest BCUT2D eigenvalue weighted by Crippen LogP contribution is 2.13. The van der Waals surface area contributed by atoms with Crippen molar-refractivity contribution in [2.75, 3.05) is 19.8 Å². The number of rotatable bonds is 4. The van der Waals surface area contributed by atoms with Gasteiger partial charge in [0.25, 0.3) is 0 Å². The molecule has 1 rings (SSSR count). The van der Waals surface area contributed by atoms with Crippen molar-refractivity contribution in [2.24, 2.45) is 5.92 Å². The first-order valence-corrected chi connectivity index (χ1v) is 5.26. The first-order valence-electron chi connectivity index (χ1n) is 5.26. The van der Waals surface area contributed by atoms with Crippen molar-refractivity contribution in [3.05, 3.63) is 0 Å². The minimum Gasteiger partial charge on any atom is -0.379 e. The number of amides is 1. The SMILES string of the molecule is CCNC1COCC1C(=O)NC(C)C. The van der Waals surface area contributed by atoms with E-state index in [-0.39, 0.29) is 23.9 Å². The second kappa shape index (κ2) is 5.32. The van der Waals surface area contributed by atoms with Crippen LogP contribution in [0.3, 0.4) is 0 Å². The van der Waals surface area contributed by atoms with Crippen molar-refractivity contribution in [3.8, 4) is 0 Å². The van der Waals surface area contributed by atoms with Crippen LogP contribution in [0, 0.1) is 5.92 Å². The zero-order valence-electron chi connectivity index (χ0n) is 9.17. The summed E-state index contributed by atoms with van der Waals surface area (Å²) < 4.78 is 5.30. The first-order chi connectivity index (χ1) is 6.65. The molecule has 0 aliphatic carbocycles. The Hall–Kier alpha value is -0.610. The molecule has 82 valence electrons. The Morgan fingerprint density at radius 3 is 2.79 bits per heavy atom. The van der Waals surface area contributed by atoms with Crippen LogP contribution in [0.2, 0.25) is 0 Å². The van der Waals surface area contributed by atoms with Crippen LogP contribution < -0.4 is 10.6 Å². The molecule has 0 saturated carbocycles. The second-order valence-electron chi connectivity index (χ2n) is 3.97. The maximum absolute atomic E-state index is 11.7.